The summed E-state index contributed by atoms with van der Waals surface area (Å²) in [7, 11) is 0. The van der Waals surface area contributed by atoms with Crippen LogP contribution in [0.1, 0.15) is 85.5 Å². The summed E-state index contributed by atoms with van der Waals surface area (Å²) in [6, 6.07) is 0. The van der Waals surface area contributed by atoms with E-state index in [9.17, 15) is 9.59 Å². The lowest BCUT2D eigenvalue weighted by Crippen LogP contribution is -2.08. The Kier molecular flexibility index (Phi) is 13.4. The van der Waals surface area contributed by atoms with Gasteiger partial charge in [-0.15, -0.1) is 0 Å². The van der Waals surface area contributed by atoms with Gasteiger partial charge in [-0.05, 0) is 46.1 Å². The number of hydrogen-bond donors (Lipinski definition) is 0. The Bertz CT molecular complexity index is 401. The van der Waals surface area contributed by atoms with Crippen LogP contribution in [0.5, 0.6) is 0 Å². The van der Waals surface area contributed by atoms with Crippen molar-refractivity contribution in [2.24, 2.45) is 0 Å². The largest absolute Gasteiger partial charge is 0.461 e. The molecule has 0 N–H and O–H groups in total. The molecule has 0 atom stereocenters. The second-order valence-corrected chi connectivity index (χ2v) is 6.40. The van der Waals surface area contributed by atoms with E-state index in [1.165, 1.54) is 24.0 Å². The lowest BCUT2D eigenvalue weighted by molar-refractivity contribution is -0.143. The zero-order chi connectivity index (χ0) is 17.5. The van der Waals surface area contributed by atoms with Gasteiger partial charge < -0.3 is 4.74 Å². The molecule has 0 heterocycles. The van der Waals surface area contributed by atoms with Gasteiger partial charge in [-0.2, -0.15) is 0 Å². The Morgan fingerprint density at radius 3 is 2.26 bits per heavy atom. The highest BCUT2D eigenvalue weighted by Gasteiger charge is 2.07. The molecule has 0 saturated heterocycles. The van der Waals surface area contributed by atoms with Gasteiger partial charge >= 0.3 is 5.97 Å². The van der Waals surface area contributed by atoms with Crippen LogP contribution in [0.2, 0.25) is 0 Å². The van der Waals surface area contributed by atoms with Crippen LogP contribution >= 0.6 is 0 Å². The number of ketones is 1. The van der Waals surface area contributed by atoms with Crippen LogP contribution in [0.4, 0.5) is 0 Å². The molecule has 0 spiro atoms. The third-order valence-electron chi connectivity index (χ3n) is 3.68. The van der Waals surface area contributed by atoms with E-state index in [-0.39, 0.29) is 18.2 Å². The van der Waals surface area contributed by atoms with E-state index in [1.54, 1.807) is 0 Å². The van der Waals surface area contributed by atoms with Crippen molar-refractivity contribution in [3.63, 3.8) is 0 Å². The van der Waals surface area contributed by atoms with Crippen LogP contribution in [-0.4, -0.2) is 18.4 Å². The maximum atomic E-state index is 11.6. The number of Topliss-reactive ketones (excluding diaryl/α,β-unsaturated/α-hetero) is 1. The van der Waals surface area contributed by atoms with Crippen molar-refractivity contribution in [2.45, 2.75) is 85.5 Å². The highest BCUT2D eigenvalue weighted by atomic mass is 16.5. The van der Waals surface area contributed by atoms with Crippen LogP contribution in [0.15, 0.2) is 23.3 Å². The van der Waals surface area contributed by atoms with Crippen LogP contribution in [0.3, 0.4) is 0 Å². The molecule has 0 aromatic heterocycles. The number of unbranched alkanes of at least 4 members (excludes halogenated alkanes) is 3. The number of carbonyl (C=O) groups is 2. The molecular weight excluding hydrogens is 288 g/mol. The summed E-state index contributed by atoms with van der Waals surface area (Å²) < 4.78 is 5.15. The second-order valence-electron chi connectivity index (χ2n) is 6.40. The molecule has 23 heavy (non-hydrogen) atoms. The van der Waals surface area contributed by atoms with E-state index in [2.05, 4.69) is 26.8 Å². The molecule has 132 valence electrons. The fourth-order valence-electron chi connectivity index (χ4n) is 2.16. The van der Waals surface area contributed by atoms with Gasteiger partial charge in [0.2, 0.25) is 0 Å². The van der Waals surface area contributed by atoms with Crippen LogP contribution in [-0.2, 0) is 14.3 Å². The Morgan fingerprint density at radius 1 is 0.870 bits per heavy atom. The van der Waals surface area contributed by atoms with Crippen molar-refractivity contribution in [3.8, 4) is 0 Å². The van der Waals surface area contributed by atoms with E-state index in [0.717, 1.165) is 25.7 Å². The van der Waals surface area contributed by atoms with Crippen LogP contribution in [0, 0.1) is 0 Å². The smallest absolute Gasteiger partial charge is 0.306 e. The quantitative estimate of drug-likeness (QED) is 0.254. The summed E-state index contributed by atoms with van der Waals surface area (Å²) in [6.07, 6.45) is 11.7. The Balaban J connectivity index is 3.73. The van der Waals surface area contributed by atoms with Crippen molar-refractivity contribution in [2.75, 3.05) is 6.61 Å². The number of rotatable bonds is 13. The zero-order valence-corrected chi connectivity index (χ0v) is 15.5. The summed E-state index contributed by atoms with van der Waals surface area (Å²) in [4.78, 5) is 23.2. The topological polar surface area (TPSA) is 43.4 Å². The van der Waals surface area contributed by atoms with Crippen molar-refractivity contribution in [3.05, 3.63) is 23.3 Å². The van der Waals surface area contributed by atoms with Crippen molar-refractivity contribution >= 4 is 11.8 Å². The fraction of sp³-hybridized carbons (Fsp3) is 0.700. The molecule has 0 saturated carbocycles. The monoisotopic (exact) mass is 322 g/mol. The van der Waals surface area contributed by atoms with Gasteiger partial charge in [0, 0.05) is 12.8 Å². The SMILES string of the molecule is CCCCCCC(=O)CCC(=O)OCC=C(C)CCC=C(C)C. The number of carbonyl (C=O) groups excluding carboxylic acids is 2. The maximum absolute atomic E-state index is 11.6. The fourth-order valence-corrected chi connectivity index (χ4v) is 2.16. The first-order valence-corrected chi connectivity index (χ1v) is 8.92. The number of hydrogen-bond acceptors (Lipinski definition) is 3. The molecule has 3 nitrogen and oxygen atoms in total. The molecule has 0 aromatic rings. The molecule has 0 fully saturated rings. The maximum Gasteiger partial charge on any atom is 0.306 e. The molecular formula is C20H34O3. The molecule has 0 aliphatic heterocycles. The molecule has 0 aromatic carbocycles. The van der Waals surface area contributed by atoms with E-state index >= 15 is 0 Å². The minimum atomic E-state index is -0.278. The van der Waals surface area contributed by atoms with Crippen molar-refractivity contribution in [1.29, 1.82) is 0 Å². The second kappa shape index (κ2) is 14.2. The van der Waals surface area contributed by atoms with Gasteiger partial charge in [0.25, 0.3) is 0 Å². The molecule has 0 aliphatic carbocycles. The number of ether oxygens (including phenoxy) is 1. The lowest BCUT2D eigenvalue weighted by Gasteiger charge is -2.04. The Morgan fingerprint density at radius 2 is 1.61 bits per heavy atom. The lowest BCUT2D eigenvalue weighted by atomic mass is 10.1. The highest BCUT2D eigenvalue weighted by molar-refractivity contribution is 5.82. The average Bonchev–Trinajstić information content (AvgIpc) is 2.49. The van der Waals surface area contributed by atoms with Gasteiger partial charge in [-0.3, -0.25) is 9.59 Å². The zero-order valence-electron chi connectivity index (χ0n) is 15.5. The standard InChI is InChI=1S/C20H34O3/c1-5-6-7-8-12-19(21)13-14-20(22)23-16-15-18(4)11-9-10-17(2)3/h10,15H,5-9,11-14,16H2,1-4H3. The Labute approximate surface area is 142 Å². The molecule has 3 heteroatoms. The first kappa shape index (κ1) is 21.6. The first-order chi connectivity index (χ1) is 11.0. The van der Waals surface area contributed by atoms with E-state index in [1.807, 2.05) is 13.0 Å². The summed E-state index contributed by atoms with van der Waals surface area (Å²) >= 11 is 0. The van der Waals surface area contributed by atoms with Gasteiger partial charge in [-0.1, -0.05) is 43.4 Å². The third kappa shape index (κ3) is 15.3. The number of allylic oxidation sites excluding steroid dienone is 3. The van der Waals surface area contributed by atoms with Crippen molar-refractivity contribution in [1.82, 2.24) is 0 Å². The van der Waals surface area contributed by atoms with E-state index in [4.69, 9.17) is 4.74 Å². The minimum Gasteiger partial charge on any atom is -0.461 e. The molecule has 0 bridgehead atoms. The average molecular weight is 322 g/mol. The molecule has 0 rings (SSSR count). The van der Waals surface area contributed by atoms with Crippen LogP contribution in [0.25, 0.3) is 0 Å². The highest BCUT2D eigenvalue weighted by Crippen LogP contribution is 2.08. The number of esters is 1. The van der Waals surface area contributed by atoms with Crippen LogP contribution < -0.4 is 0 Å². The van der Waals surface area contributed by atoms with Gasteiger partial charge in [0.05, 0.1) is 6.42 Å². The normalized spacial score (nSPS) is 11.2. The van der Waals surface area contributed by atoms with Gasteiger partial charge in [0.15, 0.2) is 0 Å². The van der Waals surface area contributed by atoms with E-state index < -0.39 is 0 Å². The molecule has 0 aliphatic rings. The molecule has 0 amide bonds. The van der Waals surface area contributed by atoms with Gasteiger partial charge in [-0.25, -0.2) is 0 Å². The summed E-state index contributed by atoms with van der Waals surface area (Å²) in [5.74, 6) is -0.105. The van der Waals surface area contributed by atoms with Gasteiger partial charge in [0.1, 0.15) is 12.4 Å². The predicted molar refractivity (Wildman–Crippen MR) is 96.4 cm³/mol. The van der Waals surface area contributed by atoms with Crippen molar-refractivity contribution < 1.29 is 14.3 Å². The Hall–Kier alpha value is -1.38. The summed E-state index contributed by atoms with van der Waals surface area (Å²) in [5.41, 5.74) is 2.55. The summed E-state index contributed by atoms with van der Waals surface area (Å²) in [6.45, 7) is 8.68. The predicted octanol–water partition coefficient (Wildman–Crippen LogP) is 5.54. The van der Waals surface area contributed by atoms with E-state index in [0.29, 0.717) is 19.4 Å². The first-order valence-electron chi connectivity index (χ1n) is 8.92. The molecule has 0 radical (unpaired) electrons. The third-order valence-corrected chi connectivity index (χ3v) is 3.68. The minimum absolute atomic E-state index is 0.173. The molecule has 0 unspecified atom stereocenters. The summed E-state index contributed by atoms with van der Waals surface area (Å²) in [5, 5.41) is 0.